The number of tetrazole rings is 1. The van der Waals surface area contributed by atoms with Crippen LogP contribution in [0.1, 0.15) is 35.8 Å². The molecular formula is C21H22F4N6O. The average molecular weight is 450 g/mol. The number of rotatable bonds is 7. The summed E-state index contributed by atoms with van der Waals surface area (Å²) in [5.74, 6) is -0.999. The third kappa shape index (κ3) is 4.89. The lowest BCUT2D eigenvalue weighted by molar-refractivity contribution is -0.146. The van der Waals surface area contributed by atoms with Crippen LogP contribution >= 0.6 is 0 Å². The van der Waals surface area contributed by atoms with Gasteiger partial charge >= 0.3 is 6.18 Å². The van der Waals surface area contributed by atoms with Crippen LogP contribution in [0.5, 0.6) is 5.75 Å². The fourth-order valence-electron chi connectivity index (χ4n) is 3.93. The van der Waals surface area contributed by atoms with Crippen molar-refractivity contribution < 1.29 is 22.3 Å². The van der Waals surface area contributed by atoms with E-state index in [1.165, 1.54) is 18.2 Å². The van der Waals surface area contributed by atoms with Gasteiger partial charge in [-0.25, -0.2) is 4.39 Å². The zero-order valence-corrected chi connectivity index (χ0v) is 17.0. The van der Waals surface area contributed by atoms with Gasteiger partial charge in [-0.1, -0.05) is 30.3 Å². The van der Waals surface area contributed by atoms with Gasteiger partial charge < -0.3 is 15.4 Å². The van der Waals surface area contributed by atoms with Crippen molar-refractivity contribution >= 4 is 0 Å². The van der Waals surface area contributed by atoms with Crippen LogP contribution < -0.4 is 15.4 Å². The van der Waals surface area contributed by atoms with E-state index >= 15 is 0 Å². The van der Waals surface area contributed by atoms with E-state index in [0.717, 1.165) is 24.9 Å². The standard InChI is InChI=1S/C21H22F4N6O/c22-13-32-18-9-8-16(31-20(21(23,24)25)28-29-30-31)11-15(18)12-27-17-7-4-10-26-19(17)14-5-2-1-3-6-14/h1-3,5-6,8-9,11,17,19,26-27H,4,7,10,12-13H2/t17?,19-/m0/s1. The fourth-order valence-corrected chi connectivity index (χ4v) is 3.93. The Labute approximate surface area is 181 Å². The first kappa shape index (κ1) is 22.2. The summed E-state index contributed by atoms with van der Waals surface area (Å²) in [6, 6.07) is 14.4. The van der Waals surface area contributed by atoms with Crippen LogP contribution in [0.25, 0.3) is 5.69 Å². The number of hydrogen-bond acceptors (Lipinski definition) is 6. The van der Waals surface area contributed by atoms with Gasteiger partial charge in [-0.2, -0.15) is 17.9 Å². The first-order valence-corrected chi connectivity index (χ1v) is 10.2. The third-order valence-electron chi connectivity index (χ3n) is 5.39. The van der Waals surface area contributed by atoms with Gasteiger partial charge in [-0.3, -0.25) is 0 Å². The highest BCUT2D eigenvalue weighted by Crippen LogP contribution is 2.30. The van der Waals surface area contributed by atoms with E-state index in [4.69, 9.17) is 4.74 Å². The number of piperidine rings is 1. The summed E-state index contributed by atoms with van der Waals surface area (Å²) >= 11 is 0. The monoisotopic (exact) mass is 450 g/mol. The number of ether oxygens (including phenoxy) is 1. The molecule has 32 heavy (non-hydrogen) atoms. The van der Waals surface area contributed by atoms with Crippen molar-refractivity contribution in [1.82, 2.24) is 30.8 Å². The van der Waals surface area contributed by atoms with Crippen LogP contribution in [0.4, 0.5) is 17.6 Å². The maximum Gasteiger partial charge on any atom is 0.453 e. The first-order chi connectivity index (χ1) is 15.5. The molecule has 7 nitrogen and oxygen atoms in total. The number of aromatic nitrogens is 4. The molecule has 0 spiro atoms. The molecule has 2 atom stereocenters. The molecule has 0 amide bonds. The smallest absolute Gasteiger partial charge is 0.453 e. The summed E-state index contributed by atoms with van der Waals surface area (Å²) < 4.78 is 58.2. The Morgan fingerprint density at radius 1 is 1.16 bits per heavy atom. The molecular weight excluding hydrogens is 428 g/mol. The average Bonchev–Trinajstić information content (AvgIpc) is 3.30. The Balaban J connectivity index is 1.58. The van der Waals surface area contributed by atoms with E-state index < -0.39 is 18.9 Å². The van der Waals surface area contributed by atoms with Gasteiger partial charge in [-0.05, 0) is 53.6 Å². The van der Waals surface area contributed by atoms with Crippen molar-refractivity contribution in [3.8, 4) is 11.4 Å². The first-order valence-electron chi connectivity index (χ1n) is 10.2. The topological polar surface area (TPSA) is 76.9 Å². The molecule has 1 saturated heterocycles. The number of hydrogen-bond donors (Lipinski definition) is 2. The predicted molar refractivity (Wildman–Crippen MR) is 108 cm³/mol. The SMILES string of the molecule is FCOc1ccc(-n2nnnc2C(F)(F)F)cc1CNC1CCCN[C@H]1c1ccccc1. The Hall–Kier alpha value is -3.05. The van der Waals surface area contributed by atoms with Gasteiger partial charge in [0, 0.05) is 24.2 Å². The van der Waals surface area contributed by atoms with E-state index in [9.17, 15) is 17.6 Å². The predicted octanol–water partition coefficient (Wildman–Crippen LogP) is 3.57. The molecule has 1 aliphatic heterocycles. The zero-order chi connectivity index (χ0) is 22.6. The highest BCUT2D eigenvalue weighted by atomic mass is 19.4. The third-order valence-corrected chi connectivity index (χ3v) is 5.39. The second kappa shape index (κ2) is 9.61. The molecule has 2 N–H and O–H groups in total. The van der Waals surface area contributed by atoms with E-state index in [-0.39, 0.29) is 30.1 Å². The van der Waals surface area contributed by atoms with Gasteiger partial charge in [0.2, 0.25) is 6.86 Å². The molecule has 1 fully saturated rings. The second-order valence-corrected chi connectivity index (χ2v) is 7.43. The molecule has 1 aromatic heterocycles. The molecule has 1 aliphatic rings. The van der Waals surface area contributed by atoms with Crippen LogP contribution in [0.15, 0.2) is 48.5 Å². The summed E-state index contributed by atoms with van der Waals surface area (Å²) in [7, 11) is 0. The zero-order valence-electron chi connectivity index (χ0n) is 17.0. The number of nitrogens with one attached hydrogen (secondary N) is 2. The van der Waals surface area contributed by atoms with E-state index in [2.05, 4.69) is 26.2 Å². The largest absolute Gasteiger partial charge is 0.463 e. The van der Waals surface area contributed by atoms with Gasteiger partial charge in [0.25, 0.3) is 5.82 Å². The van der Waals surface area contributed by atoms with Crippen LogP contribution in [0.3, 0.4) is 0 Å². The number of nitrogens with zero attached hydrogens (tertiary/aromatic N) is 4. The molecule has 2 heterocycles. The molecule has 1 unspecified atom stereocenters. The van der Waals surface area contributed by atoms with Crippen molar-refractivity contribution in [3.05, 3.63) is 65.5 Å². The molecule has 0 bridgehead atoms. The summed E-state index contributed by atoms with van der Waals surface area (Å²) in [4.78, 5) is 0. The minimum atomic E-state index is -4.72. The van der Waals surface area contributed by atoms with E-state index in [1.807, 2.05) is 30.3 Å². The van der Waals surface area contributed by atoms with Crippen LogP contribution in [-0.4, -0.2) is 39.7 Å². The van der Waals surface area contributed by atoms with Gasteiger partial charge in [0.05, 0.1) is 5.69 Å². The van der Waals surface area contributed by atoms with Gasteiger partial charge in [0.15, 0.2) is 0 Å². The Kier molecular flexibility index (Phi) is 6.66. The number of halogens is 4. The van der Waals surface area contributed by atoms with Crippen molar-refractivity contribution in [1.29, 1.82) is 0 Å². The lowest BCUT2D eigenvalue weighted by Crippen LogP contribution is -2.45. The Bertz CT molecular complexity index is 1030. The highest BCUT2D eigenvalue weighted by Gasteiger charge is 2.38. The molecule has 4 rings (SSSR count). The maximum absolute atomic E-state index is 13.2. The Morgan fingerprint density at radius 2 is 1.97 bits per heavy atom. The second-order valence-electron chi connectivity index (χ2n) is 7.43. The normalized spacial score (nSPS) is 19.1. The lowest BCUT2D eigenvalue weighted by Gasteiger charge is -2.34. The lowest BCUT2D eigenvalue weighted by atomic mass is 9.92. The van der Waals surface area contributed by atoms with Gasteiger partial charge in [-0.15, -0.1) is 5.10 Å². The summed E-state index contributed by atoms with van der Waals surface area (Å²) in [5.41, 5.74) is 1.75. The summed E-state index contributed by atoms with van der Waals surface area (Å²) in [6.07, 6.45) is -2.82. The Morgan fingerprint density at radius 3 is 2.72 bits per heavy atom. The molecule has 0 aliphatic carbocycles. The van der Waals surface area contributed by atoms with Crippen molar-refractivity contribution in [2.75, 3.05) is 13.4 Å². The molecule has 3 aromatic rings. The van der Waals surface area contributed by atoms with Crippen molar-refractivity contribution in [3.63, 3.8) is 0 Å². The summed E-state index contributed by atoms with van der Waals surface area (Å²) in [5, 5.41) is 16.6. The van der Waals surface area contributed by atoms with Crippen LogP contribution in [0, 0.1) is 0 Å². The minimum absolute atomic E-state index is 0.0757. The number of benzene rings is 2. The van der Waals surface area contributed by atoms with Crippen molar-refractivity contribution in [2.45, 2.75) is 37.6 Å². The molecule has 11 heteroatoms. The fraction of sp³-hybridized carbons (Fsp3) is 0.381. The minimum Gasteiger partial charge on any atom is -0.463 e. The molecule has 0 saturated carbocycles. The summed E-state index contributed by atoms with van der Waals surface area (Å²) in [6.45, 7) is 0.105. The van der Waals surface area contributed by atoms with Crippen molar-refractivity contribution in [2.24, 2.45) is 0 Å². The molecule has 2 aromatic carbocycles. The van der Waals surface area contributed by atoms with Gasteiger partial charge in [0.1, 0.15) is 5.75 Å². The molecule has 0 radical (unpaired) electrons. The van der Waals surface area contributed by atoms with E-state index in [0.29, 0.717) is 10.2 Å². The number of alkyl halides is 4. The van der Waals surface area contributed by atoms with Crippen LogP contribution in [-0.2, 0) is 12.7 Å². The van der Waals surface area contributed by atoms with Crippen LogP contribution in [0.2, 0.25) is 0 Å². The highest BCUT2D eigenvalue weighted by molar-refractivity contribution is 5.44. The maximum atomic E-state index is 13.2. The molecule has 170 valence electrons. The quantitative estimate of drug-likeness (QED) is 0.536. The van der Waals surface area contributed by atoms with E-state index in [1.54, 1.807) is 0 Å².